The predicted molar refractivity (Wildman–Crippen MR) is 78.2 cm³/mol. The van der Waals surface area contributed by atoms with E-state index in [-0.39, 0.29) is 11.6 Å². The lowest BCUT2D eigenvalue weighted by molar-refractivity contribution is 0.0239. The highest BCUT2D eigenvalue weighted by molar-refractivity contribution is 5.83. The molecule has 0 radical (unpaired) electrons. The van der Waals surface area contributed by atoms with Crippen molar-refractivity contribution in [2.45, 2.75) is 26.4 Å². The molecule has 0 aromatic carbocycles. The van der Waals surface area contributed by atoms with Crippen molar-refractivity contribution in [2.75, 3.05) is 31.1 Å². The van der Waals surface area contributed by atoms with Gasteiger partial charge in [0.05, 0.1) is 0 Å². The number of carboxylic acid groups (broad SMARTS) is 1. The van der Waals surface area contributed by atoms with Crippen LogP contribution in [-0.4, -0.2) is 58.8 Å². The molecule has 0 spiro atoms. The number of oxazole rings is 1. The van der Waals surface area contributed by atoms with E-state index in [1.165, 1.54) is 0 Å². The maximum atomic E-state index is 12.0. The molecule has 1 saturated heterocycles. The van der Waals surface area contributed by atoms with Crippen LogP contribution >= 0.6 is 0 Å². The van der Waals surface area contributed by atoms with E-state index in [1.807, 2.05) is 6.07 Å². The molecule has 1 fully saturated rings. The van der Waals surface area contributed by atoms with Crippen molar-refractivity contribution in [1.29, 1.82) is 5.26 Å². The van der Waals surface area contributed by atoms with Crippen LogP contribution in [-0.2, 0) is 4.74 Å². The van der Waals surface area contributed by atoms with Gasteiger partial charge in [0.2, 0.25) is 11.6 Å². The highest BCUT2D eigenvalue weighted by Crippen LogP contribution is 2.23. The summed E-state index contributed by atoms with van der Waals surface area (Å²) < 4.78 is 10.4. The van der Waals surface area contributed by atoms with Crippen molar-refractivity contribution in [3.8, 4) is 6.07 Å². The van der Waals surface area contributed by atoms with Gasteiger partial charge in [-0.25, -0.2) is 9.59 Å². The molecule has 1 amide bonds. The molecule has 2 heterocycles. The summed E-state index contributed by atoms with van der Waals surface area (Å²) in [5.74, 6) is -1.74. The summed E-state index contributed by atoms with van der Waals surface area (Å²) in [7, 11) is 0. The zero-order valence-corrected chi connectivity index (χ0v) is 13.2. The van der Waals surface area contributed by atoms with Crippen LogP contribution < -0.4 is 4.90 Å². The van der Waals surface area contributed by atoms with E-state index in [0.717, 1.165) is 0 Å². The highest BCUT2D eigenvalue weighted by atomic mass is 16.6. The van der Waals surface area contributed by atoms with Gasteiger partial charge >= 0.3 is 18.0 Å². The van der Waals surface area contributed by atoms with E-state index < -0.39 is 23.6 Å². The Labute approximate surface area is 133 Å². The van der Waals surface area contributed by atoms with Gasteiger partial charge in [0.15, 0.2) is 0 Å². The summed E-state index contributed by atoms with van der Waals surface area (Å²) in [4.78, 5) is 29.8. The second kappa shape index (κ2) is 6.16. The van der Waals surface area contributed by atoms with Gasteiger partial charge in [-0.2, -0.15) is 10.2 Å². The molecule has 9 nitrogen and oxygen atoms in total. The number of amides is 1. The molecule has 124 valence electrons. The van der Waals surface area contributed by atoms with Gasteiger partial charge in [-0.05, 0) is 20.8 Å². The Kier molecular flexibility index (Phi) is 4.45. The van der Waals surface area contributed by atoms with E-state index in [9.17, 15) is 9.59 Å². The van der Waals surface area contributed by atoms with Crippen LogP contribution in [0.25, 0.3) is 0 Å². The first kappa shape index (κ1) is 16.6. The zero-order chi connectivity index (χ0) is 17.2. The number of carbonyl (C=O) groups is 2. The number of piperazine rings is 1. The highest BCUT2D eigenvalue weighted by Gasteiger charge is 2.29. The fraction of sp³-hybridized carbons (Fsp3) is 0.571. The van der Waals surface area contributed by atoms with Gasteiger partial charge in [0, 0.05) is 26.2 Å². The smallest absolute Gasteiger partial charge is 0.410 e. The van der Waals surface area contributed by atoms with E-state index in [1.54, 1.807) is 30.6 Å². The van der Waals surface area contributed by atoms with Crippen LogP contribution in [0.4, 0.5) is 10.7 Å². The van der Waals surface area contributed by atoms with Crippen LogP contribution in [0.1, 0.15) is 37.2 Å². The Morgan fingerprint density at radius 1 is 1.30 bits per heavy atom. The summed E-state index contributed by atoms with van der Waals surface area (Å²) in [5, 5.41) is 17.9. The Morgan fingerprint density at radius 2 is 1.91 bits per heavy atom. The molecular weight excluding hydrogens is 304 g/mol. The molecule has 0 aliphatic carbocycles. The molecule has 0 saturated carbocycles. The monoisotopic (exact) mass is 322 g/mol. The topological polar surface area (TPSA) is 120 Å². The molecule has 1 aliphatic rings. The largest absolute Gasteiger partial charge is 0.474 e. The summed E-state index contributed by atoms with van der Waals surface area (Å²) in [6.07, 6.45) is -0.401. The van der Waals surface area contributed by atoms with Crippen LogP contribution in [0.2, 0.25) is 0 Å². The maximum Gasteiger partial charge on any atom is 0.410 e. The van der Waals surface area contributed by atoms with Crippen LogP contribution in [0.3, 0.4) is 0 Å². The van der Waals surface area contributed by atoms with Crippen molar-refractivity contribution in [3.05, 3.63) is 11.6 Å². The number of carbonyl (C=O) groups excluding carboxylic acids is 1. The number of ether oxygens (including phenoxy) is 1. The van der Waals surface area contributed by atoms with Crippen molar-refractivity contribution in [2.24, 2.45) is 0 Å². The molecule has 2 rings (SSSR count). The lowest BCUT2D eigenvalue weighted by Crippen LogP contribution is -2.50. The van der Waals surface area contributed by atoms with E-state index in [0.29, 0.717) is 26.2 Å². The van der Waals surface area contributed by atoms with Gasteiger partial charge in [0.1, 0.15) is 11.7 Å². The Bertz CT molecular complexity index is 647. The minimum Gasteiger partial charge on any atom is -0.474 e. The number of hydrogen-bond donors (Lipinski definition) is 1. The normalized spacial score (nSPS) is 15.2. The molecule has 1 aromatic rings. The molecule has 23 heavy (non-hydrogen) atoms. The van der Waals surface area contributed by atoms with Gasteiger partial charge < -0.3 is 24.1 Å². The number of rotatable bonds is 2. The first-order valence-electron chi connectivity index (χ1n) is 7.08. The van der Waals surface area contributed by atoms with Crippen LogP contribution in [0.15, 0.2) is 4.42 Å². The van der Waals surface area contributed by atoms with Crippen molar-refractivity contribution in [1.82, 2.24) is 9.88 Å². The van der Waals surface area contributed by atoms with Gasteiger partial charge in [0.25, 0.3) is 0 Å². The maximum absolute atomic E-state index is 12.0. The molecule has 0 atom stereocenters. The van der Waals surface area contributed by atoms with Gasteiger partial charge in [-0.15, -0.1) is 0 Å². The second-order valence-corrected chi connectivity index (χ2v) is 6.04. The molecule has 1 aromatic heterocycles. The molecule has 0 bridgehead atoms. The molecule has 1 N–H and O–H groups in total. The van der Waals surface area contributed by atoms with Gasteiger partial charge in [-0.3, -0.25) is 0 Å². The second-order valence-electron chi connectivity index (χ2n) is 6.04. The van der Waals surface area contributed by atoms with Crippen molar-refractivity contribution in [3.63, 3.8) is 0 Å². The minimum atomic E-state index is -1.33. The lowest BCUT2D eigenvalue weighted by Gasteiger charge is -2.35. The average molecular weight is 322 g/mol. The number of hydrogen-bond acceptors (Lipinski definition) is 7. The first-order chi connectivity index (χ1) is 10.7. The molecule has 0 unspecified atom stereocenters. The SMILES string of the molecule is CC(C)(C)OC(=O)N1CCN(c2oc(C(=O)O)nc2C#N)CC1. The van der Waals surface area contributed by atoms with Crippen LogP contribution in [0, 0.1) is 11.3 Å². The number of nitrogens with zero attached hydrogens (tertiary/aromatic N) is 4. The molecule has 9 heteroatoms. The van der Waals surface area contributed by atoms with E-state index in [4.69, 9.17) is 19.5 Å². The van der Waals surface area contributed by atoms with E-state index >= 15 is 0 Å². The zero-order valence-electron chi connectivity index (χ0n) is 13.2. The summed E-state index contributed by atoms with van der Waals surface area (Å²) in [6.45, 7) is 6.92. The third kappa shape index (κ3) is 3.91. The van der Waals surface area contributed by atoms with E-state index in [2.05, 4.69) is 4.98 Å². The fourth-order valence-corrected chi connectivity index (χ4v) is 2.11. The number of aromatic nitrogens is 1. The standard InChI is InChI=1S/C14H18N4O5/c1-14(2,3)23-13(21)18-6-4-17(5-7-18)11-9(8-15)16-10(22-11)12(19)20/h4-7H2,1-3H3,(H,19,20). The van der Waals surface area contributed by atoms with Gasteiger partial charge in [-0.1, -0.05) is 0 Å². The van der Waals surface area contributed by atoms with Crippen LogP contribution in [0.5, 0.6) is 0 Å². The summed E-state index contributed by atoms with van der Waals surface area (Å²) >= 11 is 0. The third-order valence-electron chi connectivity index (χ3n) is 3.12. The fourth-order valence-electron chi connectivity index (χ4n) is 2.11. The lowest BCUT2D eigenvalue weighted by atomic mass is 10.2. The Balaban J connectivity index is 2.04. The Hall–Kier alpha value is -2.76. The summed E-state index contributed by atoms with van der Waals surface area (Å²) in [6, 6.07) is 1.82. The first-order valence-corrected chi connectivity index (χ1v) is 7.08. The van der Waals surface area contributed by atoms with Crippen molar-refractivity contribution >= 4 is 17.9 Å². The molecule has 1 aliphatic heterocycles. The number of aromatic carboxylic acids is 1. The summed E-state index contributed by atoms with van der Waals surface area (Å²) in [5.41, 5.74) is -0.642. The number of anilines is 1. The quantitative estimate of drug-likeness (QED) is 0.865. The third-order valence-corrected chi connectivity index (χ3v) is 3.12. The number of nitriles is 1. The Morgan fingerprint density at radius 3 is 2.39 bits per heavy atom. The van der Waals surface area contributed by atoms with Crippen molar-refractivity contribution < 1.29 is 23.8 Å². The average Bonchev–Trinajstić information content (AvgIpc) is 2.90. The number of carboxylic acids is 1. The molecular formula is C14H18N4O5. The minimum absolute atomic E-state index is 0.0758. The predicted octanol–water partition coefficient (Wildman–Crippen LogP) is 1.30.